The highest BCUT2D eigenvalue weighted by atomic mass is 19.3. The minimum Gasteiger partial charge on any atom is -0.390 e. The van der Waals surface area contributed by atoms with E-state index in [0.717, 1.165) is 5.56 Å². The first kappa shape index (κ1) is 13.4. The molecular weight excluding hydrogens is 230 g/mol. The summed E-state index contributed by atoms with van der Waals surface area (Å²) in [6, 6.07) is 6.22. The van der Waals surface area contributed by atoms with Gasteiger partial charge in [0.15, 0.2) is 0 Å². The molecule has 0 aliphatic carbocycles. The van der Waals surface area contributed by atoms with Crippen LogP contribution in [0.4, 0.5) is 19.3 Å². The molecule has 0 heterocycles. The van der Waals surface area contributed by atoms with E-state index in [1.807, 2.05) is 18.3 Å². The van der Waals surface area contributed by atoms with Crippen molar-refractivity contribution in [2.45, 2.75) is 12.8 Å². The molecule has 0 radical (unpaired) electrons. The number of hydrogen-bond acceptors (Lipinski definition) is 2. The fraction of sp³-hybridized carbons (Fsp3) is 0.364. The smallest absolute Gasteiger partial charge is 0.319 e. The molecule has 17 heavy (non-hydrogen) atoms. The van der Waals surface area contributed by atoms with Crippen molar-refractivity contribution >= 4 is 11.7 Å². The Morgan fingerprint density at radius 1 is 1.47 bits per heavy atom. The van der Waals surface area contributed by atoms with Gasteiger partial charge in [-0.1, -0.05) is 12.1 Å². The lowest BCUT2D eigenvalue weighted by molar-refractivity contribution is -0.0451. The normalized spacial score (nSPS) is 11.1. The highest BCUT2D eigenvalue weighted by Crippen LogP contribution is 2.11. The summed E-state index contributed by atoms with van der Waals surface area (Å²) in [5.41, 5.74) is 1.47. The van der Waals surface area contributed by atoms with Crippen LogP contribution in [0.3, 0.4) is 0 Å². The summed E-state index contributed by atoms with van der Waals surface area (Å²) in [5, 5.41) is 12.7. The van der Waals surface area contributed by atoms with Gasteiger partial charge in [-0.25, -0.2) is 13.6 Å². The minimum absolute atomic E-state index is 0.523. The SMILES string of the molecule is Cc1cccc(NC(=O)NCC(F)(F)CO)c1. The Kier molecular flexibility index (Phi) is 4.39. The first-order valence-corrected chi connectivity index (χ1v) is 5.03. The average molecular weight is 244 g/mol. The number of halogens is 2. The molecule has 1 aromatic rings. The Balaban J connectivity index is 2.45. The number of aliphatic hydroxyl groups is 1. The standard InChI is InChI=1S/C11H14F2N2O2/c1-8-3-2-4-9(5-8)15-10(17)14-6-11(12,13)7-16/h2-5,16H,6-7H2,1H3,(H2,14,15,17). The van der Waals surface area contributed by atoms with Gasteiger partial charge in [0, 0.05) is 5.69 Å². The zero-order chi connectivity index (χ0) is 12.9. The van der Waals surface area contributed by atoms with E-state index in [1.165, 1.54) is 0 Å². The largest absolute Gasteiger partial charge is 0.390 e. The van der Waals surface area contributed by atoms with E-state index < -0.39 is 25.1 Å². The van der Waals surface area contributed by atoms with Gasteiger partial charge in [0.25, 0.3) is 5.92 Å². The van der Waals surface area contributed by atoms with Gasteiger partial charge in [0.05, 0.1) is 6.54 Å². The Bertz CT molecular complexity index is 397. The van der Waals surface area contributed by atoms with E-state index in [4.69, 9.17) is 5.11 Å². The molecule has 0 fully saturated rings. The molecule has 0 aliphatic heterocycles. The lowest BCUT2D eigenvalue weighted by Crippen LogP contribution is -2.40. The van der Waals surface area contributed by atoms with Gasteiger partial charge < -0.3 is 15.7 Å². The van der Waals surface area contributed by atoms with Crippen LogP contribution in [0.15, 0.2) is 24.3 Å². The number of nitrogens with one attached hydrogen (secondary N) is 2. The van der Waals surface area contributed by atoms with Crippen LogP contribution in [0.25, 0.3) is 0 Å². The molecule has 0 saturated carbocycles. The van der Waals surface area contributed by atoms with Crippen LogP contribution in [0.5, 0.6) is 0 Å². The molecule has 0 spiro atoms. The molecule has 2 amide bonds. The second kappa shape index (κ2) is 5.58. The minimum atomic E-state index is -3.30. The Hall–Kier alpha value is -1.69. The molecule has 1 rings (SSSR count). The molecule has 6 heteroatoms. The van der Waals surface area contributed by atoms with Crippen LogP contribution in [-0.2, 0) is 0 Å². The molecule has 1 aromatic carbocycles. The van der Waals surface area contributed by atoms with Crippen LogP contribution in [0, 0.1) is 6.92 Å². The fourth-order valence-electron chi connectivity index (χ4n) is 1.16. The maximum absolute atomic E-state index is 12.6. The van der Waals surface area contributed by atoms with Crippen molar-refractivity contribution in [3.8, 4) is 0 Å². The van der Waals surface area contributed by atoms with Crippen LogP contribution >= 0.6 is 0 Å². The topological polar surface area (TPSA) is 61.4 Å². The third-order valence-electron chi connectivity index (χ3n) is 2.01. The van der Waals surface area contributed by atoms with Crippen molar-refractivity contribution in [1.29, 1.82) is 0 Å². The van der Waals surface area contributed by atoms with Crippen LogP contribution < -0.4 is 10.6 Å². The molecule has 0 unspecified atom stereocenters. The number of benzene rings is 1. The maximum Gasteiger partial charge on any atom is 0.319 e. The quantitative estimate of drug-likeness (QED) is 0.755. The van der Waals surface area contributed by atoms with Gasteiger partial charge in [-0.15, -0.1) is 0 Å². The molecule has 0 atom stereocenters. The second-order valence-corrected chi connectivity index (χ2v) is 3.69. The molecule has 4 nitrogen and oxygen atoms in total. The number of rotatable bonds is 4. The maximum atomic E-state index is 12.6. The summed E-state index contributed by atoms with van der Waals surface area (Å²) in [4.78, 5) is 11.2. The van der Waals surface area contributed by atoms with Crippen LogP contribution in [0.2, 0.25) is 0 Å². The van der Waals surface area contributed by atoms with E-state index in [2.05, 4.69) is 5.32 Å². The van der Waals surface area contributed by atoms with Crippen molar-refractivity contribution < 1.29 is 18.7 Å². The number of hydrogen-bond donors (Lipinski definition) is 3. The first-order chi connectivity index (χ1) is 7.93. The Labute approximate surface area is 97.6 Å². The molecular formula is C11H14F2N2O2. The third-order valence-corrected chi connectivity index (χ3v) is 2.01. The number of amides is 2. The van der Waals surface area contributed by atoms with Gasteiger partial charge in [-0.05, 0) is 24.6 Å². The van der Waals surface area contributed by atoms with Crippen LogP contribution in [-0.4, -0.2) is 30.2 Å². The van der Waals surface area contributed by atoms with Crippen molar-refractivity contribution in [1.82, 2.24) is 5.32 Å². The number of carbonyl (C=O) groups is 1. The van der Waals surface area contributed by atoms with Crippen molar-refractivity contribution in [3.05, 3.63) is 29.8 Å². The average Bonchev–Trinajstić information content (AvgIpc) is 2.27. The number of aryl methyl sites for hydroxylation is 1. The molecule has 0 aromatic heterocycles. The van der Waals surface area contributed by atoms with Crippen LogP contribution in [0.1, 0.15) is 5.56 Å². The van der Waals surface area contributed by atoms with E-state index in [0.29, 0.717) is 5.69 Å². The Morgan fingerprint density at radius 3 is 2.76 bits per heavy atom. The molecule has 3 N–H and O–H groups in total. The summed E-state index contributed by atoms with van der Waals surface area (Å²) in [7, 11) is 0. The summed E-state index contributed by atoms with van der Waals surface area (Å²) < 4.78 is 25.2. The summed E-state index contributed by atoms with van der Waals surface area (Å²) in [6.45, 7) is -0.345. The monoisotopic (exact) mass is 244 g/mol. The molecule has 0 bridgehead atoms. The number of carbonyl (C=O) groups excluding carboxylic acids is 1. The first-order valence-electron chi connectivity index (χ1n) is 5.03. The van der Waals surface area contributed by atoms with Gasteiger partial charge in [-0.3, -0.25) is 0 Å². The molecule has 0 saturated heterocycles. The summed E-state index contributed by atoms with van der Waals surface area (Å²) >= 11 is 0. The predicted octanol–water partition coefficient (Wildman–Crippen LogP) is 1.74. The zero-order valence-electron chi connectivity index (χ0n) is 9.34. The number of anilines is 1. The number of aliphatic hydroxyl groups excluding tert-OH is 1. The van der Waals surface area contributed by atoms with E-state index in [9.17, 15) is 13.6 Å². The fourth-order valence-corrected chi connectivity index (χ4v) is 1.16. The van der Waals surface area contributed by atoms with Crippen molar-refractivity contribution in [2.75, 3.05) is 18.5 Å². The predicted molar refractivity (Wildman–Crippen MR) is 60.2 cm³/mol. The number of urea groups is 1. The lowest BCUT2D eigenvalue weighted by atomic mass is 10.2. The highest BCUT2D eigenvalue weighted by molar-refractivity contribution is 5.89. The summed E-state index contributed by atoms with van der Waals surface area (Å²) in [6.07, 6.45) is 0. The van der Waals surface area contributed by atoms with E-state index >= 15 is 0 Å². The van der Waals surface area contributed by atoms with Gasteiger partial charge in [-0.2, -0.15) is 0 Å². The van der Waals surface area contributed by atoms with Crippen molar-refractivity contribution in [2.24, 2.45) is 0 Å². The Morgan fingerprint density at radius 2 is 2.18 bits per heavy atom. The van der Waals surface area contributed by atoms with Gasteiger partial charge in [0.1, 0.15) is 6.61 Å². The molecule has 94 valence electrons. The van der Waals surface area contributed by atoms with E-state index in [1.54, 1.807) is 18.2 Å². The molecule has 0 aliphatic rings. The number of alkyl halides is 2. The second-order valence-electron chi connectivity index (χ2n) is 3.69. The van der Waals surface area contributed by atoms with Crippen molar-refractivity contribution in [3.63, 3.8) is 0 Å². The van der Waals surface area contributed by atoms with Gasteiger partial charge in [0.2, 0.25) is 0 Å². The highest BCUT2D eigenvalue weighted by Gasteiger charge is 2.28. The van der Waals surface area contributed by atoms with E-state index in [-0.39, 0.29) is 0 Å². The summed E-state index contributed by atoms with van der Waals surface area (Å²) in [5.74, 6) is -3.30. The third kappa shape index (κ3) is 4.78. The van der Waals surface area contributed by atoms with Gasteiger partial charge >= 0.3 is 6.03 Å². The zero-order valence-corrected chi connectivity index (χ0v) is 9.34. The lowest BCUT2D eigenvalue weighted by Gasteiger charge is -2.14.